The Kier molecular flexibility index (Phi) is 3.00. The summed E-state index contributed by atoms with van der Waals surface area (Å²) in [6.45, 7) is 6.97. The number of nitrogens with two attached hydrogens (primary N) is 1. The summed E-state index contributed by atoms with van der Waals surface area (Å²) < 4.78 is 0. The number of hydrogen-bond acceptors (Lipinski definition) is 1. The number of rotatable bonds is 2. The van der Waals surface area contributed by atoms with E-state index in [0.717, 1.165) is 0 Å². The van der Waals surface area contributed by atoms with Gasteiger partial charge in [-0.05, 0) is 12.2 Å². The van der Waals surface area contributed by atoms with Gasteiger partial charge in [0, 0.05) is 11.3 Å². The highest BCUT2D eigenvalue weighted by Crippen LogP contribution is 1.92. The van der Waals surface area contributed by atoms with Crippen LogP contribution in [0.3, 0.4) is 0 Å². The number of allylic oxidation sites excluding steroid dienone is 3. The highest BCUT2D eigenvalue weighted by Gasteiger charge is 1.80. The first-order chi connectivity index (χ1) is 4.20. The van der Waals surface area contributed by atoms with Crippen LogP contribution in [0, 0.1) is 12.3 Å². The van der Waals surface area contributed by atoms with Gasteiger partial charge in [-0.1, -0.05) is 19.1 Å². The van der Waals surface area contributed by atoms with Gasteiger partial charge in [-0.2, -0.15) is 0 Å². The maximum absolute atomic E-state index is 5.34. The van der Waals surface area contributed by atoms with Crippen molar-refractivity contribution >= 4 is 0 Å². The minimum atomic E-state index is 0.540. The molecule has 1 heteroatoms. The average molecular weight is 119 g/mol. The molecule has 46 valence electrons. The lowest BCUT2D eigenvalue weighted by Gasteiger charge is -1.88. The molecule has 0 heterocycles. The predicted octanol–water partition coefficient (Wildman–Crippen LogP) is 1.20. The van der Waals surface area contributed by atoms with E-state index in [4.69, 9.17) is 12.2 Å². The molecule has 0 atom stereocenters. The third-order valence-electron chi connectivity index (χ3n) is 0.762. The third kappa shape index (κ3) is 3.19. The van der Waals surface area contributed by atoms with Crippen LogP contribution in [0.15, 0.2) is 36.6 Å². The molecule has 0 saturated carbocycles. The maximum atomic E-state index is 5.34. The van der Waals surface area contributed by atoms with E-state index in [1.807, 2.05) is 0 Å². The molecule has 0 aliphatic carbocycles. The second-order valence-electron chi connectivity index (χ2n) is 1.52. The maximum Gasteiger partial charge on any atom is 0.0320 e. The Morgan fingerprint density at radius 1 is 1.67 bits per heavy atom. The molecular formula is C8H9N. The molecule has 1 nitrogen and oxygen atoms in total. The van der Waals surface area contributed by atoms with E-state index >= 15 is 0 Å². The van der Waals surface area contributed by atoms with E-state index in [0.29, 0.717) is 11.3 Å². The molecular weight excluding hydrogens is 110 g/mol. The van der Waals surface area contributed by atoms with E-state index in [2.05, 4.69) is 19.1 Å². The van der Waals surface area contributed by atoms with Gasteiger partial charge in [0.1, 0.15) is 0 Å². The Morgan fingerprint density at radius 3 is 2.56 bits per heavy atom. The second-order valence-corrected chi connectivity index (χ2v) is 1.52. The van der Waals surface area contributed by atoms with Gasteiger partial charge in [0.25, 0.3) is 0 Å². The van der Waals surface area contributed by atoms with Gasteiger partial charge in [-0.15, -0.1) is 6.42 Å². The monoisotopic (exact) mass is 119 g/mol. The zero-order valence-corrected chi connectivity index (χ0v) is 5.22. The first-order valence-corrected chi connectivity index (χ1v) is 2.46. The third-order valence-corrected chi connectivity index (χ3v) is 0.762. The number of hydrogen-bond donors (Lipinski definition) is 1. The summed E-state index contributed by atoms with van der Waals surface area (Å²) in [5, 5.41) is 0. The Hall–Kier alpha value is -1.42. The summed E-state index contributed by atoms with van der Waals surface area (Å²) in [6, 6.07) is 0. The average Bonchev–Trinajstić information content (AvgIpc) is 1.87. The lowest BCUT2D eigenvalue weighted by Crippen LogP contribution is -1.91. The standard InChI is InChI=1S/C8H9N/c1-4-7(3)6-8(9)5-2/h1,5-6H,2-3,9H2/b8-6+. The second kappa shape index (κ2) is 3.57. The van der Waals surface area contributed by atoms with Crippen molar-refractivity contribution < 1.29 is 0 Å². The molecule has 0 spiro atoms. The molecule has 0 aromatic heterocycles. The van der Waals surface area contributed by atoms with Crippen LogP contribution in [-0.2, 0) is 0 Å². The summed E-state index contributed by atoms with van der Waals surface area (Å²) in [6.07, 6.45) is 8.10. The van der Waals surface area contributed by atoms with Gasteiger partial charge < -0.3 is 5.73 Å². The van der Waals surface area contributed by atoms with Gasteiger partial charge in [-0.25, -0.2) is 0 Å². The fraction of sp³-hybridized carbons (Fsp3) is 0. The van der Waals surface area contributed by atoms with E-state index in [1.165, 1.54) is 6.08 Å². The molecule has 0 saturated heterocycles. The molecule has 2 N–H and O–H groups in total. The van der Waals surface area contributed by atoms with Crippen LogP contribution in [0.5, 0.6) is 0 Å². The fourth-order valence-electron chi connectivity index (χ4n) is 0.302. The van der Waals surface area contributed by atoms with Crippen molar-refractivity contribution in [3.63, 3.8) is 0 Å². The van der Waals surface area contributed by atoms with Crippen LogP contribution in [0.2, 0.25) is 0 Å². The minimum Gasteiger partial charge on any atom is -0.399 e. The first-order valence-electron chi connectivity index (χ1n) is 2.46. The first kappa shape index (κ1) is 7.58. The highest BCUT2D eigenvalue weighted by atomic mass is 14.5. The minimum absolute atomic E-state index is 0.540. The Morgan fingerprint density at radius 2 is 2.22 bits per heavy atom. The predicted molar refractivity (Wildman–Crippen MR) is 40.4 cm³/mol. The van der Waals surface area contributed by atoms with Crippen LogP contribution in [-0.4, -0.2) is 0 Å². The van der Waals surface area contributed by atoms with Gasteiger partial charge in [0.15, 0.2) is 0 Å². The van der Waals surface area contributed by atoms with Gasteiger partial charge in [0.05, 0.1) is 0 Å². The molecule has 0 aliphatic rings. The van der Waals surface area contributed by atoms with Crippen molar-refractivity contribution in [2.24, 2.45) is 5.73 Å². The number of terminal acetylenes is 1. The van der Waals surface area contributed by atoms with Crippen molar-refractivity contribution in [3.05, 3.63) is 36.6 Å². The van der Waals surface area contributed by atoms with Crippen LogP contribution in [0.1, 0.15) is 0 Å². The molecule has 0 aromatic rings. The topological polar surface area (TPSA) is 26.0 Å². The lowest BCUT2D eigenvalue weighted by molar-refractivity contribution is 1.42. The smallest absolute Gasteiger partial charge is 0.0320 e. The molecule has 0 aromatic carbocycles. The van der Waals surface area contributed by atoms with E-state index in [9.17, 15) is 0 Å². The van der Waals surface area contributed by atoms with Gasteiger partial charge in [-0.3, -0.25) is 0 Å². The summed E-state index contributed by atoms with van der Waals surface area (Å²) in [5.74, 6) is 2.33. The summed E-state index contributed by atoms with van der Waals surface area (Å²) >= 11 is 0. The SMILES string of the molecule is C#CC(=C)/C=C(/N)C=C. The van der Waals surface area contributed by atoms with Crippen molar-refractivity contribution in [1.29, 1.82) is 0 Å². The molecule has 9 heavy (non-hydrogen) atoms. The summed E-state index contributed by atoms with van der Waals surface area (Å²) in [5.41, 5.74) is 6.44. The fourth-order valence-corrected chi connectivity index (χ4v) is 0.302. The normalized spacial score (nSPS) is 9.89. The van der Waals surface area contributed by atoms with Crippen molar-refractivity contribution in [3.8, 4) is 12.3 Å². The van der Waals surface area contributed by atoms with E-state index < -0.39 is 0 Å². The van der Waals surface area contributed by atoms with Crippen LogP contribution >= 0.6 is 0 Å². The molecule has 0 aliphatic heterocycles. The molecule has 0 unspecified atom stereocenters. The van der Waals surface area contributed by atoms with Crippen molar-refractivity contribution in [2.45, 2.75) is 0 Å². The van der Waals surface area contributed by atoms with Gasteiger partial charge in [0.2, 0.25) is 0 Å². The Bertz CT molecular complexity index is 191. The zero-order valence-electron chi connectivity index (χ0n) is 5.22. The van der Waals surface area contributed by atoms with Crippen LogP contribution in [0.25, 0.3) is 0 Å². The van der Waals surface area contributed by atoms with Crippen molar-refractivity contribution in [2.75, 3.05) is 0 Å². The van der Waals surface area contributed by atoms with E-state index in [-0.39, 0.29) is 0 Å². The molecule has 0 bridgehead atoms. The molecule has 0 fully saturated rings. The van der Waals surface area contributed by atoms with Crippen LogP contribution in [0.4, 0.5) is 0 Å². The summed E-state index contributed by atoms with van der Waals surface area (Å²) in [7, 11) is 0. The quantitative estimate of drug-likeness (QED) is 0.429. The Labute approximate surface area is 55.6 Å². The van der Waals surface area contributed by atoms with Crippen molar-refractivity contribution in [1.82, 2.24) is 0 Å². The van der Waals surface area contributed by atoms with Gasteiger partial charge >= 0.3 is 0 Å². The molecule has 0 radical (unpaired) electrons. The van der Waals surface area contributed by atoms with E-state index in [1.54, 1.807) is 6.08 Å². The summed E-state index contributed by atoms with van der Waals surface area (Å²) in [4.78, 5) is 0. The lowest BCUT2D eigenvalue weighted by atomic mass is 10.2. The zero-order chi connectivity index (χ0) is 7.28. The Balaban J connectivity index is 4.16. The highest BCUT2D eigenvalue weighted by molar-refractivity contribution is 5.37. The molecule has 0 rings (SSSR count). The molecule has 0 amide bonds. The van der Waals surface area contributed by atoms with Crippen LogP contribution < -0.4 is 5.73 Å². The largest absolute Gasteiger partial charge is 0.399 e.